The summed E-state index contributed by atoms with van der Waals surface area (Å²) in [6.45, 7) is 8.16. The van der Waals surface area contributed by atoms with Crippen LogP contribution in [0.15, 0.2) is 48.5 Å². The molecule has 1 N–H and O–H groups in total. The van der Waals surface area contributed by atoms with E-state index >= 15 is 0 Å². The van der Waals surface area contributed by atoms with Crippen LogP contribution in [0.1, 0.15) is 49.4 Å². The fourth-order valence-electron chi connectivity index (χ4n) is 5.52. The van der Waals surface area contributed by atoms with E-state index in [1.807, 2.05) is 30.9 Å². The molecule has 4 aliphatic rings. The van der Waals surface area contributed by atoms with Gasteiger partial charge in [0.2, 0.25) is 0 Å². The van der Waals surface area contributed by atoms with Gasteiger partial charge >= 0.3 is 6.03 Å². The second-order valence-electron chi connectivity index (χ2n) is 9.47. The van der Waals surface area contributed by atoms with Crippen LogP contribution in [0.4, 0.5) is 4.79 Å². The van der Waals surface area contributed by atoms with Gasteiger partial charge in [-0.05, 0) is 80.9 Å². The average Bonchev–Trinajstić information content (AvgIpc) is 2.79. The molecule has 0 saturated carbocycles. The van der Waals surface area contributed by atoms with E-state index in [0.717, 1.165) is 30.8 Å². The van der Waals surface area contributed by atoms with Gasteiger partial charge in [0, 0.05) is 19.1 Å². The van der Waals surface area contributed by atoms with E-state index in [4.69, 9.17) is 4.74 Å². The highest BCUT2D eigenvalue weighted by Crippen LogP contribution is 2.36. The molecule has 2 aromatic rings. The van der Waals surface area contributed by atoms with Crippen molar-refractivity contribution in [3.05, 3.63) is 65.2 Å². The van der Waals surface area contributed by atoms with Gasteiger partial charge in [0.25, 0.3) is 0 Å². The third kappa shape index (κ3) is 4.16. The number of nitrogens with zero attached hydrogens (tertiary/aromatic N) is 2. The van der Waals surface area contributed by atoms with Crippen LogP contribution in [0.25, 0.3) is 0 Å². The Balaban J connectivity index is 1.41. The summed E-state index contributed by atoms with van der Waals surface area (Å²) in [6, 6.07) is 17.1. The molecule has 3 saturated heterocycles. The predicted molar refractivity (Wildman–Crippen MR) is 122 cm³/mol. The maximum Gasteiger partial charge on any atom is 0.318 e. The van der Waals surface area contributed by atoms with Crippen molar-refractivity contribution in [3.63, 3.8) is 0 Å². The van der Waals surface area contributed by atoms with Crippen molar-refractivity contribution in [3.8, 4) is 5.75 Å². The zero-order valence-corrected chi connectivity index (χ0v) is 18.6. The molecular weight excluding hydrogens is 386 g/mol. The molecule has 4 aliphatic heterocycles. The number of benzene rings is 2. The van der Waals surface area contributed by atoms with E-state index in [2.05, 4.69) is 46.6 Å². The van der Waals surface area contributed by atoms with Crippen molar-refractivity contribution in [2.24, 2.45) is 5.92 Å². The molecule has 0 radical (unpaired) electrons. The van der Waals surface area contributed by atoms with E-state index < -0.39 is 0 Å². The molecule has 3 fully saturated rings. The number of rotatable bonds is 4. The number of nitrogens with one attached hydrogen (secondary N) is 1. The SMILES string of the molecule is CC(C)Oc1ccc([C@@H]2c3ccccc3CCN2C(=O)N[C@@H]2CN3CCC2CC3)cc1. The van der Waals surface area contributed by atoms with Gasteiger partial charge in [-0.1, -0.05) is 36.4 Å². The summed E-state index contributed by atoms with van der Waals surface area (Å²) in [5.41, 5.74) is 3.70. The van der Waals surface area contributed by atoms with E-state index in [1.165, 1.54) is 37.1 Å². The first-order valence-corrected chi connectivity index (χ1v) is 11.7. The highest BCUT2D eigenvalue weighted by Gasteiger charge is 2.38. The fraction of sp³-hybridized carbons (Fsp3) is 0.500. The Kier molecular flexibility index (Phi) is 5.61. The number of amides is 2. The second kappa shape index (κ2) is 8.54. The summed E-state index contributed by atoms with van der Waals surface area (Å²) < 4.78 is 5.83. The predicted octanol–water partition coefficient (Wildman–Crippen LogP) is 4.23. The lowest BCUT2D eigenvalue weighted by molar-refractivity contribution is 0.0715. The first-order chi connectivity index (χ1) is 15.1. The molecule has 4 heterocycles. The summed E-state index contributed by atoms with van der Waals surface area (Å²) >= 11 is 0. The monoisotopic (exact) mass is 419 g/mol. The summed E-state index contributed by atoms with van der Waals surface area (Å²) in [7, 11) is 0. The van der Waals surface area contributed by atoms with Gasteiger partial charge in [-0.15, -0.1) is 0 Å². The van der Waals surface area contributed by atoms with Crippen molar-refractivity contribution in [1.29, 1.82) is 0 Å². The van der Waals surface area contributed by atoms with Gasteiger partial charge in [0.1, 0.15) is 5.75 Å². The van der Waals surface area contributed by atoms with Crippen LogP contribution in [0.5, 0.6) is 5.75 Å². The lowest BCUT2D eigenvalue weighted by Crippen LogP contribution is -2.59. The second-order valence-corrected chi connectivity index (χ2v) is 9.47. The van der Waals surface area contributed by atoms with Gasteiger partial charge in [-0.2, -0.15) is 0 Å². The van der Waals surface area contributed by atoms with Crippen molar-refractivity contribution in [1.82, 2.24) is 15.1 Å². The average molecular weight is 420 g/mol. The number of hydrogen-bond donors (Lipinski definition) is 1. The molecule has 0 unspecified atom stereocenters. The van der Waals surface area contributed by atoms with Crippen LogP contribution in [-0.4, -0.2) is 54.2 Å². The Morgan fingerprint density at radius 1 is 1.03 bits per heavy atom. The fourth-order valence-corrected chi connectivity index (χ4v) is 5.52. The lowest BCUT2D eigenvalue weighted by atomic mass is 9.84. The molecule has 164 valence electrons. The summed E-state index contributed by atoms with van der Waals surface area (Å²) in [6.07, 6.45) is 3.45. The molecular formula is C26H33N3O2. The molecule has 5 nitrogen and oxygen atoms in total. The van der Waals surface area contributed by atoms with Crippen LogP contribution in [0, 0.1) is 5.92 Å². The molecule has 31 heavy (non-hydrogen) atoms. The lowest BCUT2D eigenvalue weighted by Gasteiger charge is -2.46. The topological polar surface area (TPSA) is 44.8 Å². The van der Waals surface area contributed by atoms with Gasteiger partial charge < -0.3 is 19.9 Å². The van der Waals surface area contributed by atoms with Gasteiger partial charge in [0.05, 0.1) is 12.1 Å². The van der Waals surface area contributed by atoms with Gasteiger partial charge in [-0.25, -0.2) is 4.79 Å². The number of piperidine rings is 3. The number of fused-ring (bicyclic) bond motifs is 4. The largest absolute Gasteiger partial charge is 0.491 e. The molecule has 0 aliphatic carbocycles. The van der Waals surface area contributed by atoms with E-state index in [1.54, 1.807) is 0 Å². The zero-order chi connectivity index (χ0) is 21.4. The normalized spacial score (nSPS) is 27.1. The van der Waals surface area contributed by atoms with E-state index in [0.29, 0.717) is 5.92 Å². The Bertz CT molecular complexity index is 919. The minimum absolute atomic E-state index is 0.0701. The number of carbonyl (C=O) groups is 1. The van der Waals surface area contributed by atoms with Gasteiger partial charge in [-0.3, -0.25) is 0 Å². The number of ether oxygens (including phenoxy) is 1. The number of hydrogen-bond acceptors (Lipinski definition) is 3. The Hall–Kier alpha value is -2.53. The minimum Gasteiger partial charge on any atom is -0.491 e. The first-order valence-electron chi connectivity index (χ1n) is 11.7. The summed E-state index contributed by atoms with van der Waals surface area (Å²) in [4.78, 5) is 18.0. The van der Waals surface area contributed by atoms with Crippen LogP contribution < -0.4 is 10.1 Å². The molecule has 0 spiro atoms. The quantitative estimate of drug-likeness (QED) is 0.807. The third-order valence-electron chi connectivity index (χ3n) is 7.08. The standard InChI is InChI=1S/C26H33N3O2/c1-18(2)31-22-9-7-21(8-10-22)25-23-6-4-3-5-19(23)13-16-29(25)26(30)27-24-17-28-14-11-20(24)12-15-28/h3-10,18,20,24-25H,11-17H2,1-2H3,(H,27,30)/t24-,25-/m1/s1. The summed E-state index contributed by atoms with van der Waals surface area (Å²) in [5, 5.41) is 3.41. The van der Waals surface area contributed by atoms with E-state index in [9.17, 15) is 4.79 Å². The molecule has 0 aromatic heterocycles. The number of urea groups is 1. The van der Waals surface area contributed by atoms with Crippen molar-refractivity contribution < 1.29 is 9.53 Å². The maximum atomic E-state index is 13.5. The maximum absolute atomic E-state index is 13.5. The molecule has 2 atom stereocenters. The zero-order valence-electron chi connectivity index (χ0n) is 18.6. The van der Waals surface area contributed by atoms with Crippen molar-refractivity contribution in [2.75, 3.05) is 26.2 Å². The minimum atomic E-state index is -0.0702. The number of carbonyl (C=O) groups excluding carboxylic acids is 1. The molecule has 5 heteroatoms. The van der Waals surface area contributed by atoms with Crippen LogP contribution in [-0.2, 0) is 6.42 Å². The van der Waals surface area contributed by atoms with Crippen LogP contribution >= 0.6 is 0 Å². The highest BCUT2D eigenvalue weighted by molar-refractivity contribution is 5.76. The van der Waals surface area contributed by atoms with E-state index in [-0.39, 0.29) is 24.2 Å². The Labute approximate surface area is 185 Å². The van der Waals surface area contributed by atoms with Crippen LogP contribution in [0.3, 0.4) is 0 Å². The molecule has 2 bridgehead atoms. The smallest absolute Gasteiger partial charge is 0.318 e. The molecule has 6 rings (SSSR count). The Morgan fingerprint density at radius 3 is 2.45 bits per heavy atom. The third-order valence-corrected chi connectivity index (χ3v) is 7.08. The summed E-state index contributed by atoms with van der Waals surface area (Å²) in [5.74, 6) is 1.49. The molecule has 2 amide bonds. The van der Waals surface area contributed by atoms with Crippen LogP contribution in [0.2, 0.25) is 0 Å². The first kappa shape index (κ1) is 20.4. The Morgan fingerprint density at radius 2 is 1.77 bits per heavy atom. The van der Waals surface area contributed by atoms with Crippen molar-refractivity contribution >= 4 is 6.03 Å². The highest BCUT2D eigenvalue weighted by atomic mass is 16.5. The molecule has 2 aromatic carbocycles. The van der Waals surface area contributed by atoms with Crippen molar-refractivity contribution in [2.45, 2.75) is 51.3 Å². The van der Waals surface area contributed by atoms with Gasteiger partial charge in [0.15, 0.2) is 0 Å².